The Balaban J connectivity index is 1.28. The van der Waals surface area contributed by atoms with E-state index in [0.29, 0.717) is 0 Å². The summed E-state index contributed by atoms with van der Waals surface area (Å²) >= 11 is 0. The Hall–Kier alpha value is -1.50. The Kier molecular flexibility index (Phi) is 16.7. The normalized spacial score (nSPS) is 11.3. The van der Waals surface area contributed by atoms with Gasteiger partial charge in [-0.3, -0.25) is 0 Å². The molecule has 0 bridgehead atoms. The molecule has 0 N–H and O–H groups in total. The predicted octanol–water partition coefficient (Wildman–Crippen LogP) is 11.0. The fourth-order valence-electron chi connectivity index (χ4n) is 4.86. The topological polar surface area (TPSA) is 9.23 Å². The molecule has 1 nitrogen and oxygen atoms in total. The van der Waals surface area contributed by atoms with Crippen molar-refractivity contribution in [2.45, 2.75) is 135 Å². The largest absolute Gasteiger partial charge is 0.493 e. The number of hydrogen-bond donors (Lipinski definition) is 0. The van der Waals surface area contributed by atoms with E-state index >= 15 is 0 Å². The van der Waals surface area contributed by atoms with Crippen molar-refractivity contribution in [3.63, 3.8) is 0 Å². The molecule has 33 heavy (non-hydrogen) atoms. The standard InChI is InChI=1S/C32H52O/c1-2-3-4-5-6-7-8-9-10-11-12-13-14-15-16-17-18-19-20-23-29-33-32-28-24-26-30-25-21-22-27-31(30)32/h21-22,24-28H,2-20,23,29H2,1H3. The third kappa shape index (κ3) is 13.7. The van der Waals surface area contributed by atoms with Gasteiger partial charge in [0.05, 0.1) is 6.61 Å². The van der Waals surface area contributed by atoms with Crippen molar-refractivity contribution in [1.29, 1.82) is 0 Å². The Bertz CT molecular complexity index is 686. The third-order valence-electron chi connectivity index (χ3n) is 7.01. The molecule has 0 saturated heterocycles. The van der Waals surface area contributed by atoms with Gasteiger partial charge >= 0.3 is 0 Å². The first-order valence-electron chi connectivity index (χ1n) is 14.5. The van der Waals surface area contributed by atoms with Crippen LogP contribution in [-0.4, -0.2) is 6.61 Å². The highest BCUT2D eigenvalue weighted by atomic mass is 16.5. The maximum atomic E-state index is 6.06. The van der Waals surface area contributed by atoms with Gasteiger partial charge in [0.1, 0.15) is 5.75 Å². The third-order valence-corrected chi connectivity index (χ3v) is 7.01. The summed E-state index contributed by atoms with van der Waals surface area (Å²) in [5.74, 6) is 1.03. The van der Waals surface area contributed by atoms with Gasteiger partial charge in [-0.15, -0.1) is 0 Å². The summed E-state index contributed by atoms with van der Waals surface area (Å²) in [5, 5.41) is 2.49. The molecule has 0 heterocycles. The Morgan fingerprint density at radius 1 is 0.455 bits per heavy atom. The molecule has 1 heteroatoms. The first-order valence-corrected chi connectivity index (χ1v) is 14.5. The van der Waals surface area contributed by atoms with Crippen LogP contribution in [0.3, 0.4) is 0 Å². The maximum Gasteiger partial charge on any atom is 0.127 e. The number of ether oxygens (including phenoxy) is 1. The second-order valence-electron chi connectivity index (χ2n) is 10.0. The molecule has 0 atom stereocenters. The Morgan fingerprint density at radius 3 is 1.39 bits per heavy atom. The highest BCUT2D eigenvalue weighted by Crippen LogP contribution is 2.25. The molecule has 0 amide bonds. The lowest BCUT2D eigenvalue weighted by Gasteiger charge is -2.09. The monoisotopic (exact) mass is 452 g/mol. The highest BCUT2D eigenvalue weighted by molar-refractivity contribution is 5.88. The van der Waals surface area contributed by atoms with Crippen LogP contribution in [0, 0.1) is 0 Å². The van der Waals surface area contributed by atoms with E-state index in [1.54, 1.807) is 0 Å². The van der Waals surface area contributed by atoms with E-state index in [1.807, 2.05) is 0 Å². The van der Waals surface area contributed by atoms with Gasteiger partial charge in [0.15, 0.2) is 0 Å². The second-order valence-corrected chi connectivity index (χ2v) is 10.0. The average Bonchev–Trinajstić information content (AvgIpc) is 2.85. The van der Waals surface area contributed by atoms with Crippen LogP contribution in [0.25, 0.3) is 10.8 Å². The van der Waals surface area contributed by atoms with Gasteiger partial charge in [-0.25, -0.2) is 0 Å². The molecule has 0 aliphatic carbocycles. The molecule has 186 valence electrons. The van der Waals surface area contributed by atoms with Crippen molar-refractivity contribution in [3.8, 4) is 5.75 Å². The van der Waals surface area contributed by atoms with Crippen molar-refractivity contribution < 1.29 is 4.74 Å². The van der Waals surface area contributed by atoms with Gasteiger partial charge in [-0.05, 0) is 17.9 Å². The molecule has 2 rings (SSSR count). The van der Waals surface area contributed by atoms with Crippen LogP contribution in [0.2, 0.25) is 0 Å². The summed E-state index contributed by atoms with van der Waals surface area (Å²) in [6.45, 7) is 3.14. The first kappa shape index (κ1) is 27.7. The summed E-state index contributed by atoms with van der Waals surface area (Å²) in [6.07, 6.45) is 28.5. The van der Waals surface area contributed by atoms with Crippen LogP contribution in [0.5, 0.6) is 5.75 Å². The second kappa shape index (κ2) is 19.9. The van der Waals surface area contributed by atoms with E-state index < -0.39 is 0 Å². The molecule has 0 radical (unpaired) electrons. The minimum atomic E-state index is 0.840. The van der Waals surface area contributed by atoms with Crippen molar-refractivity contribution in [2.24, 2.45) is 0 Å². The number of fused-ring (bicyclic) bond motifs is 1. The van der Waals surface area contributed by atoms with Crippen molar-refractivity contribution in [1.82, 2.24) is 0 Å². The van der Waals surface area contributed by atoms with E-state index in [-0.39, 0.29) is 0 Å². The van der Waals surface area contributed by atoms with Gasteiger partial charge in [0.25, 0.3) is 0 Å². The average molecular weight is 453 g/mol. The molecule has 0 fully saturated rings. The minimum Gasteiger partial charge on any atom is -0.493 e. The Labute approximate surface area is 205 Å². The van der Waals surface area contributed by atoms with Gasteiger partial charge in [0, 0.05) is 5.39 Å². The predicted molar refractivity (Wildman–Crippen MR) is 147 cm³/mol. The summed E-state index contributed by atoms with van der Waals surface area (Å²) in [5.41, 5.74) is 0. The van der Waals surface area contributed by atoms with Crippen molar-refractivity contribution >= 4 is 10.8 Å². The molecular weight excluding hydrogens is 400 g/mol. The molecule has 2 aromatic rings. The summed E-state index contributed by atoms with van der Waals surface area (Å²) in [7, 11) is 0. The van der Waals surface area contributed by atoms with Gasteiger partial charge in [0.2, 0.25) is 0 Å². The van der Waals surface area contributed by atoms with Crippen LogP contribution in [0.4, 0.5) is 0 Å². The maximum absolute atomic E-state index is 6.06. The molecular formula is C32H52O. The molecule has 2 aromatic carbocycles. The van der Waals surface area contributed by atoms with Crippen molar-refractivity contribution in [2.75, 3.05) is 6.61 Å². The zero-order valence-corrected chi connectivity index (χ0v) is 21.8. The molecule has 0 aliphatic rings. The summed E-state index contributed by atoms with van der Waals surface area (Å²) < 4.78 is 6.06. The lowest BCUT2D eigenvalue weighted by molar-refractivity contribution is 0.307. The molecule has 0 unspecified atom stereocenters. The number of hydrogen-bond acceptors (Lipinski definition) is 1. The molecule has 0 aliphatic heterocycles. The van der Waals surface area contributed by atoms with Crippen LogP contribution in [0.15, 0.2) is 42.5 Å². The van der Waals surface area contributed by atoms with Gasteiger partial charge in [-0.1, -0.05) is 165 Å². The SMILES string of the molecule is CCCCCCCCCCCCCCCCCCCCCCOc1cccc2ccccc12. The van der Waals surface area contributed by atoms with E-state index in [1.165, 1.54) is 139 Å². The van der Waals surface area contributed by atoms with Crippen LogP contribution < -0.4 is 4.74 Å². The first-order chi connectivity index (χ1) is 16.4. The van der Waals surface area contributed by atoms with Crippen LogP contribution in [0.1, 0.15) is 135 Å². The number of benzene rings is 2. The fourth-order valence-corrected chi connectivity index (χ4v) is 4.86. The van der Waals surface area contributed by atoms with E-state index in [0.717, 1.165) is 12.4 Å². The highest BCUT2D eigenvalue weighted by Gasteiger charge is 2.01. The van der Waals surface area contributed by atoms with E-state index in [4.69, 9.17) is 4.74 Å². The van der Waals surface area contributed by atoms with Crippen molar-refractivity contribution in [3.05, 3.63) is 42.5 Å². The Morgan fingerprint density at radius 2 is 0.879 bits per heavy atom. The van der Waals surface area contributed by atoms with Crippen LogP contribution in [-0.2, 0) is 0 Å². The van der Waals surface area contributed by atoms with E-state index in [9.17, 15) is 0 Å². The number of unbranched alkanes of at least 4 members (excludes halogenated alkanes) is 19. The smallest absolute Gasteiger partial charge is 0.127 e. The summed E-state index contributed by atoms with van der Waals surface area (Å²) in [4.78, 5) is 0. The van der Waals surface area contributed by atoms with Crippen LogP contribution >= 0.6 is 0 Å². The molecule has 0 aromatic heterocycles. The van der Waals surface area contributed by atoms with Gasteiger partial charge in [-0.2, -0.15) is 0 Å². The lowest BCUT2D eigenvalue weighted by atomic mass is 10.0. The zero-order chi connectivity index (χ0) is 23.2. The van der Waals surface area contributed by atoms with Gasteiger partial charge < -0.3 is 4.74 Å². The van der Waals surface area contributed by atoms with E-state index in [2.05, 4.69) is 49.4 Å². The fraction of sp³-hybridized carbons (Fsp3) is 0.688. The number of rotatable bonds is 22. The molecule has 0 saturated carbocycles. The molecule has 0 spiro atoms. The quantitative estimate of drug-likeness (QED) is 0.161. The lowest BCUT2D eigenvalue weighted by Crippen LogP contribution is -1.97. The summed E-state index contributed by atoms with van der Waals surface area (Å²) in [6, 6.07) is 14.8. The minimum absolute atomic E-state index is 0.840. The zero-order valence-electron chi connectivity index (χ0n) is 21.8.